The largest absolute Gasteiger partial charge is 0.488 e. The first kappa shape index (κ1) is 23.8. The number of amides is 1. The van der Waals surface area contributed by atoms with Gasteiger partial charge in [-0.25, -0.2) is 14.4 Å². The molecule has 1 fully saturated rings. The molecule has 4 atom stereocenters. The molecule has 0 saturated carbocycles. The van der Waals surface area contributed by atoms with Gasteiger partial charge in [0, 0.05) is 17.4 Å². The number of alkyl halides is 3. The summed E-state index contributed by atoms with van der Waals surface area (Å²) >= 11 is 0. The normalized spacial score (nSPS) is 25.6. The number of hydrogen-bond donors (Lipinski definition) is 2. The number of nitrogens with zero attached hydrogens (tertiary/aromatic N) is 2. The van der Waals surface area contributed by atoms with Crippen molar-refractivity contribution in [2.24, 2.45) is 5.92 Å². The lowest BCUT2D eigenvalue weighted by molar-refractivity contribution is -0.272. The Morgan fingerprint density at radius 3 is 2.53 bits per heavy atom. The van der Waals surface area contributed by atoms with Gasteiger partial charge in [-0.05, 0) is 13.0 Å². The Kier molecular flexibility index (Phi) is 6.65. The maximum absolute atomic E-state index is 14.5. The second-order valence-electron chi connectivity index (χ2n) is 7.43. The molecule has 0 bridgehead atoms. The number of aliphatic hydroxyl groups is 1. The monoisotopic (exact) mass is 461 g/mol. The van der Waals surface area contributed by atoms with Gasteiger partial charge in [0.15, 0.2) is 17.2 Å². The molecule has 3 rings (SSSR count). The first-order valence-corrected chi connectivity index (χ1v) is 9.53. The van der Waals surface area contributed by atoms with Crippen molar-refractivity contribution in [1.29, 1.82) is 0 Å². The van der Waals surface area contributed by atoms with Crippen LogP contribution < -0.4 is 10.1 Å². The predicted octanol–water partition coefficient (Wildman–Crippen LogP) is 3.20. The van der Waals surface area contributed by atoms with Crippen LogP contribution in [0.15, 0.2) is 30.9 Å². The van der Waals surface area contributed by atoms with Crippen molar-refractivity contribution in [3.05, 3.63) is 48.1 Å². The molecular weight excluding hydrogens is 441 g/mol. The summed E-state index contributed by atoms with van der Waals surface area (Å²) in [6.45, 7) is 1.00. The second-order valence-corrected chi connectivity index (χ2v) is 7.43. The number of rotatable bonds is 6. The summed E-state index contributed by atoms with van der Waals surface area (Å²) in [7, 11) is 0. The van der Waals surface area contributed by atoms with Crippen molar-refractivity contribution < 1.29 is 41.3 Å². The number of carbonyl (C=O) groups excluding carboxylic acids is 1. The van der Waals surface area contributed by atoms with E-state index in [1.54, 1.807) is 0 Å². The topological polar surface area (TPSA) is 93.6 Å². The number of aromatic nitrogens is 2. The summed E-state index contributed by atoms with van der Waals surface area (Å²) in [5.41, 5.74) is -2.86. The number of ether oxygens (including phenoxy) is 2. The van der Waals surface area contributed by atoms with E-state index in [1.807, 2.05) is 0 Å². The molecule has 0 radical (unpaired) electrons. The summed E-state index contributed by atoms with van der Waals surface area (Å²) in [6, 6.07) is 1.77. The Morgan fingerprint density at radius 1 is 1.28 bits per heavy atom. The molecular formula is C20H20F5N3O4. The van der Waals surface area contributed by atoms with Crippen LogP contribution in [0.4, 0.5) is 27.6 Å². The number of benzene rings is 1. The van der Waals surface area contributed by atoms with Gasteiger partial charge in [0.25, 0.3) is 5.91 Å². The number of aliphatic hydroxyl groups excluding tert-OH is 1. The summed E-state index contributed by atoms with van der Waals surface area (Å²) < 4.78 is 80.5. The first-order valence-electron chi connectivity index (χ1n) is 9.53. The zero-order chi connectivity index (χ0) is 23.7. The van der Waals surface area contributed by atoms with E-state index in [0.29, 0.717) is 0 Å². The Hall–Kier alpha value is -2.86. The lowest BCUT2D eigenvalue weighted by Crippen LogP contribution is -2.47. The fourth-order valence-corrected chi connectivity index (χ4v) is 3.70. The van der Waals surface area contributed by atoms with Gasteiger partial charge in [-0.1, -0.05) is 13.0 Å². The van der Waals surface area contributed by atoms with Gasteiger partial charge in [0.2, 0.25) is 5.82 Å². The van der Waals surface area contributed by atoms with Crippen LogP contribution in [-0.4, -0.2) is 52.1 Å². The minimum absolute atomic E-state index is 0.107. The highest BCUT2D eigenvalue weighted by Crippen LogP contribution is 2.55. The van der Waals surface area contributed by atoms with E-state index in [0.717, 1.165) is 19.1 Å². The molecule has 1 aromatic carbocycles. The molecule has 0 aliphatic carbocycles. The number of hydrogen-bond acceptors (Lipinski definition) is 6. The average molecular weight is 461 g/mol. The quantitative estimate of drug-likeness (QED) is 0.642. The molecule has 2 heterocycles. The smallest absolute Gasteiger partial charge is 0.417 e. The molecule has 1 aliphatic rings. The first-order chi connectivity index (χ1) is 15.0. The SMILES string of the molecule is C[C@H]1[C@@H](c2ccc(F)c(F)c2OCCO)[C@H](C(=O)Nc2cncnc2)O[C@@]1(C)C(F)(F)F. The van der Waals surface area contributed by atoms with Crippen LogP contribution in [0, 0.1) is 17.6 Å². The summed E-state index contributed by atoms with van der Waals surface area (Å²) in [5.74, 6) is -7.15. The highest BCUT2D eigenvalue weighted by atomic mass is 19.4. The van der Waals surface area contributed by atoms with Crippen LogP contribution in [0.5, 0.6) is 5.75 Å². The number of anilines is 1. The number of carbonyl (C=O) groups is 1. The molecule has 32 heavy (non-hydrogen) atoms. The van der Waals surface area contributed by atoms with Crippen LogP contribution in [0.3, 0.4) is 0 Å². The van der Waals surface area contributed by atoms with E-state index in [2.05, 4.69) is 15.3 Å². The Bertz CT molecular complexity index is 976. The summed E-state index contributed by atoms with van der Waals surface area (Å²) in [4.78, 5) is 20.4. The van der Waals surface area contributed by atoms with Gasteiger partial charge < -0.3 is 19.9 Å². The third kappa shape index (κ3) is 4.24. The van der Waals surface area contributed by atoms with Crippen LogP contribution in [0.2, 0.25) is 0 Å². The van der Waals surface area contributed by atoms with E-state index in [-0.39, 0.29) is 11.3 Å². The minimum Gasteiger partial charge on any atom is -0.488 e. The maximum Gasteiger partial charge on any atom is 0.417 e. The highest BCUT2D eigenvalue weighted by molar-refractivity contribution is 5.95. The molecule has 12 heteroatoms. The van der Waals surface area contributed by atoms with Crippen molar-refractivity contribution >= 4 is 11.6 Å². The van der Waals surface area contributed by atoms with Crippen LogP contribution in [-0.2, 0) is 9.53 Å². The third-order valence-electron chi connectivity index (χ3n) is 5.53. The molecule has 174 valence electrons. The second kappa shape index (κ2) is 8.94. The molecule has 1 aromatic heterocycles. The van der Waals surface area contributed by atoms with E-state index in [4.69, 9.17) is 14.6 Å². The number of nitrogens with one attached hydrogen (secondary N) is 1. The van der Waals surface area contributed by atoms with E-state index >= 15 is 0 Å². The van der Waals surface area contributed by atoms with E-state index in [1.165, 1.54) is 25.6 Å². The fraction of sp³-hybridized carbons (Fsp3) is 0.450. The lowest BCUT2D eigenvalue weighted by atomic mass is 9.77. The standard InChI is InChI=1S/C20H20F5N3O4/c1-10-14(12-3-4-13(21)15(22)16(12)31-6-5-29)17(32-19(10,2)20(23,24)25)18(30)28-11-7-26-9-27-8-11/h3-4,7-10,14,17,29H,5-6H2,1-2H3,(H,28,30)/t10-,14-,17+,19+/m0/s1. The van der Waals surface area contributed by atoms with Crippen molar-refractivity contribution in [1.82, 2.24) is 9.97 Å². The van der Waals surface area contributed by atoms with Gasteiger partial charge in [-0.2, -0.15) is 17.6 Å². The molecule has 2 aromatic rings. The molecule has 0 spiro atoms. The van der Waals surface area contributed by atoms with Gasteiger partial charge in [-0.3, -0.25) is 4.79 Å². The molecule has 1 saturated heterocycles. The van der Waals surface area contributed by atoms with Gasteiger partial charge >= 0.3 is 6.18 Å². The minimum atomic E-state index is -4.87. The number of halogens is 5. The average Bonchev–Trinajstić information content (AvgIpc) is 3.02. The maximum atomic E-state index is 14.5. The van der Waals surface area contributed by atoms with E-state index in [9.17, 15) is 26.7 Å². The highest BCUT2D eigenvalue weighted by Gasteiger charge is 2.65. The summed E-state index contributed by atoms with van der Waals surface area (Å²) in [6.07, 6.45) is -2.96. The summed E-state index contributed by atoms with van der Waals surface area (Å²) in [5, 5.41) is 11.4. The van der Waals surface area contributed by atoms with Crippen LogP contribution in [0.1, 0.15) is 25.3 Å². The van der Waals surface area contributed by atoms with Gasteiger partial charge in [0.05, 0.1) is 24.7 Å². The van der Waals surface area contributed by atoms with Crippen molar-refractivity contribution in [2.75, 3.05) is 18.5 Å². The molecule has 1 aliphatic heterocycles. The van der Waals surface area contributed by atoms with Gasteiger partial charge in [0.1, 0.15) is 19.0 Å². The third-order valence-corrected chi connectivity index (χ3v) is 5.53. The van der Waals surface area contributed by atoms with Crippen LogP contribution >= 0.6 is 0 Å². The van der Waals surface area contributed by atoms with Crippen molar-refractivity contribution in [2.45, 2.75) is 37.6 Å². The van der Waals surface area contributed by atoms with Crippen molar-refractivity contribution in [3.63, 3.8) is 0 Å². The Balaban J connectivity index is 2.09. The predicted molar refractivity (Wildman–Crippen MR) is 101 cm³/mol. The van der Waals surface area contributed by atoms with Crippen molar-refractivity contribution in [3.8, 4) is 5.75 Å². The van der Waals surface area contributed by atoms with Gasteiger partial charge in [-0.15, -0.1) is 0 Å². The van der Waals surface area contributed by atoms with E-state index < -0.39 is 66.2 Å². The fourth-order valence-electron chi connectivity index (χ4n) is 3.70. The zero-order valence-corrected chi connectivity index (χ0v) is 17.0. The molecule has 0 unspecified atom stereocenters. The molecule has 7 nitrogen and oxygen atoms in total. The molecule has 1 amide bonds. The molecule has 2 N–H and O–H groups in total. The van der Waals surface area contributed by atoms with Crippen LogP contribution in [0.25, 0.3) is 0 Å². The Morgan fingerprint density at radius 2 is 1.94 bits per heavy atom. The lowest BCUT2D eigenvalue weighted by Gasteiger charge is -2.32. The Labute approximate surface area is 179 Å². The zero-order valence-electron chi connectivity index (χ0n) is 17.0.